The molecule has 0 aromatic carbocycles. The van der Waals surface area contributed by atoms with Crippen molar-refractivity contribution in [2.24, 2.45) is 0 Å². The number of fused-ring (bicyclic) bond motifs is 1. The summed E-state index contributed by atoms with van der Waals surface area (Å²) in [5.74, 6) is 0.112. The summed E-state index contributed by atoms with van der Waals surface area (Å²) in [6.45, 7) is 4.78. The second kappa shape index (κ2) is 4.56. The number of carbonyl (C=O) groups is 2. The lowest BCUT2D eigenvalue weighted by atomic mass is 10.1. The molecule has 2 saturated heterocycles. The fourth-order valence-electron chi connectivity index (χ4n) is 2.80. The minimum Gasteiger partial charge on any atom is -0.329 e. The number of rotatable bonds is 2. The van der Waals surface area contributed by atoms with Crippen molar-refractivity contribution in [3.05, 3.63) is 10.0 Å². The topological polar surface area (TPSA) is 66.4 Å². The highest BCUT2D eigenvalue weighted by Gasteiger charge is 2.46. The van der Waals surface area contributed by atoms with Gasteiger partial charge >= 0.3 is 0 Å². The molecule has 3 rings (SSSR count). The molecule has 1 aromatic rings. The number of piperazine rings is 1. The smallest absolute Gasteiger partial charge is 0.246 e. The van der Waals surface area contributed by atoms with Gasteiger partial charge in [-0.15, -0.1) is 10.2 Å². The van der Waals surface area contributed by atoms with Gasteiger partial charge in [-0.25, -0.2) is 0 Å². The van der Waals surface area contributed by atoms with Crippen LogP contribution in [0.4, 0.5) is 0 Å². The summed E-state index contributed by atoms with van der Waals surface area (Å²) < 4.78 is 0. The van der Waals surface area contributed by atoms with E-state index in [2.05, 4.69) is 10.2 Å². The van der Waals surface area contributed by atoms with Crippen LogP contribution in [-0.4, -0.2) is 50.4 Å². The van der Waals surface area contributed by atoms with Crippen LogP contribution >= 0.6 is 11.3 Å². The first kappa shape index (κ1) is 12.5. The first-order valence-corrected chi connectivity index (χ1v) is 7.29. The zero-order valence-electron chi connectivity index (χ0n) is 11.0. The molecule has 102 valence electrons. The van der Waals surface area contributed by atoms with Crippen LogP contribution in [0.25, 0.3) is 0 Å². The molecule has 2 fully saturated rings. The third-order valence-electron chi connectivity index (χ3n) is 3.80. The Labute approximate surface area is 115 Å². The number of aryl methyl sites for hydroxylation is 1. The van der Waals surface area contributed by atoms with Crippen LogP contribution in [0.1, 0.15) is 29.8 Å². The molecule has 0 saturated carbocycles. The van der Waals surface area contributed by atoms with Gasteiger partial charge in [-0.05, 0) is 26.7 Å². The van der Waals surface area contributed by atoms with Crippen molar-refractivity contribution in [2.45, 2.75) is 45.3 Å². The van der Waals surface area contributed by atoms with E-state index in [0.29, 0.717) is 13.1 Å². The zero-order valence-corrected chi connectivity index (χ0v) is 11.8. The van der Waals surface area contributed by atoms with E-state index in [-0.39, 0.29) is 17.9 Å². The van der Waals surface area contributed by atoms with E-state index in [1.54, 1.807) is 16.7 Å². The Bertz CT molecular complexity index is 530. The lowest BCUT2D eigenvalue weighted by Gasteiger charge is -2.40. The number of amides is 2. The lowest BCUT2D eigenvalue weighted by molar-refractivity contribution is -0.159. The van der Waals surface area contributed by atoms with Crippen LogP contribution in [0.3, 0.4) is 0 Å². The maximum Gasteiger partial charge on any atom is 0.246 e. The summed E-state index contributed by atoms with van der Waals surface area (Å²) in [6.07, 6.45) is 1.70. The number of carbonyl (C=O) groups excluding carboxylic acids is 2. The second-order valence-electron chi connectivity index (χ2n) is 5.05. The molecular weight excluding hydrogens is 264 g/mol. The van der Waals surface area contributed by atoms with E-state index in [0.717, 1.165) is 22.9 Å². The quantitative estimate of drug-likeness (QED) is 0.794. The van der Waals surface area contributed by atoms with E-state index < -0.39 is 6.04 Å². The van der Waals surface area contributed by atoms with Crippen molar-refractivity contribution in [2.75, 3.05) is 6.54 Å². The van der Waals surface area contributed by atoms with E-state index in [9.17, 15) is 9.59 Å². The van der Waals surface area contributed by atoms with E-state index in [1.165, 1.54) is 11.3 Å². The summed E-state index contributed by atoms with van der Waals surface area (Å²) in [4.78, 5) is 28.1. The minimum absolute atomic E-state index is 0.0532. The molecule has 0 aliphatic carbocycles. The van der Waals surface area contributed by atoms with Crippen LogP contribution in [0.15, 0.2) is 0 Å². The highest BCUT2D eigenvalue weighted by molar-refractivity contribution is 7.11. The van der Waals surface area contributed by atoms with Crippen LogP contribution in [0, 0.1) is 6.92 Å². The Balaban J connectivity index is 1.83. The molecule has 0 radical (unpaired) electrons. The van der Waals surface area contributed by atoms with Gasteiger partial charge in [0.05, 0.1) is 6.54 Å². The Morgan fingerprint density at radius 3 is 2.79 bits per heavy atom. The summed E-state index contributed by atoms with van der Waals surface area (Å²) >= 11 is 1.47. The van der Waals surface area contributed by atoms with Gasteiger partial charge in [-0.1, -0.05) is 11.3 Å². The molecule has 7 heteroatoms. The van der Waals surface area contributed by atoms with Crippen molar-refractivity contribution < 1.29 is 9.59 Å². The second-order valence-corrected chi connectivity index (χ2v) is 6.31. The molecule has 2 atom stereocenters. The lowest BCUT2D eigenvalue weighted by Crippen LogP contribution is -2.61. The predicted octanol–water partition coefficient (Wildman–Crippen LogP) is 0.568. The van der Waals surface area contributed by atoms with Gasteiger partial charge in [0.15, 0.2) is 0 Å². The van der Waals surface area contributed by atoms with Crippen molar-refractivity contribution in [1.29, 1.82) is 0 Å². The van der Waals surface area contributed by atoms with Gasteiger partial charge in [0.1, 0.15) is 22.1 Å². The maximum atomic E-state index is 12.5. The predicted molar refractivity (Wildman–Crippen MR) is 69.4 cm³/mol. The Hall–Kier alpha value is -1.50. The average molecular weight is 280 g/mol. The minimum atomic E-state index is -0.397. The summed E-state index contributed by atoms with van der Waals surface area (Å²) in [5, 5.41) is 9.66. The van der Waals surface area contributed by atoms with Crippen LogP contribution in [0.2, 0.25) is 0 Å². The van der Waals surface area contributed by atoms with Gasteiger partial charge in [-0.3, -0.25) is 9.59 Å². The van der Waals surface area contributed by atoms with Crippen LogP contribution < -0.4 is 0 Å². The first-order chi connectivity index (χ1) is 9.08. The van der Waals surface area contributed by atoms with Gasteiger partial charge in [0, 0.05) is 6.54 Å². The van der Waals surface area contributed by atoms with E-state index >= 15 is 0 Å². The number of hydrogen-bond donors (Lipinski definition) is 0. The third kappa shape index (κ3) is 2.01. The number of aromatic nitrogens is 2. The molecule has 2 amide bonds. The number of hydrogen-bond acceptors (Lipinski definition) is 5. The van der Waals surface area contributed by atoms with Gasteiger partial charge in [0.25, 0.3) is 0 Å². The Morgan fingerprint density at radius 1 is 1.32 bits per heavy atom. The molecule has 0 unspecified atom stereocenters. The van der Waals surface area contributed by atoms with Gasteiger partial charge in [0.2, 0.25) is 11.8 Å². The molecule has 0 bridgehead atoms. The summed E-state index contributed by atoms with van der Waals surface area (Å²) in [6, 6.07) is -0.649. The van der Waals surface area contributed by atoms with Crippen LogP contribution in [0.5, 0.6) is 0 Å². The molecular formula is C12H16N4O2S. The van der Waals surface area contributed by atoms with Gasteiger partial charge in [-0.2, -0.15) is 0 Å². The van der Waals surface area contributed by atoms with Crippen LogP contribution in [-0.2, 0) is 16.1 Å². The molecule has 2 aliphatic rings. The van der Waals surface area contributed by atoms with E-state index in [1.807, 2.05) is 6.92 Å². The fourth-order valence-corrected chi connectivity index (χ4v) is 3.51. The molecule has 1 aromatic heterocycles. The van der Waals surface area contributed by atoms with Gasteiger partial charge < -0.3 is 9.80 Å². The molecule has 19 heavy (non-hydrogen) atoms. The summed E-state index contributed by atoms with van der Waals surface area (Å²) in [7, 11) is 0. The Morgan fingerprint density at radius 2 is 2.11 bits per heavy atom. The average Bonchev–Trinajstić information content (AvgIpc) is 3.01. The highest BCUT2D eigenvalue weighted by atomic mass is 32.1. The highest BCUT2D eigenvalue weighted by Crippen LogP contribution is 2.28. The summed E-state index contributed by atoms with van der Waals surface area (Å²) in [5.41, 5.74) is 0. The standard InChI is InChI=1S/C12H16N4O2S/c1-7-11(17)15-5-3-4-9(15)12(18)16(7)6-10-14-13-8(2)19-10/h7,9H,3-6H2,1-2H3/t7-,9-/m0/s1. The van der Waals surface area contributed by atoms with E-state index in [4.69, 9.17) is 0 Å². The number of nitrogens with zero attached hydrogens (tertiary/aromatic N) is 4. The normalized spacial score (nSPS) is 27.1. The van der Waals surface area contributed by atoms with Crippen molar-refractivity contribution in [3.63, 3.8) is 0 Å². The molecule has 3 heterocycles. The maximum absolute atomic E-state index is 12.5. The first-order valence-electron chi connectivity index (χ1n) is 6.48. The Kier molecular flexibility index (Phi) is 3.00. The monoisotopic (exact) mass is 280 g/mol. The molecule has 0 spiro atoms. The molecule has 2 aliphatic heterocycles. The fraction of sp³-hybridized carbons (Fsp3) is 0.667. The third-order valence-corrected chi connectivity index (χ3v) is 4.63. The van der Waals surface area contributed by atoms with Crippen molar-refractivity contribution in [1.82, 2.24) is 20.0 Å². The molecule has 0 N–H and O–H groups in total. The zero-order chi connectivity index (χ0) is 13.6. The molecule has 6 nitrogen and oxygen atoms in total. The van der Waals surface area contributed by atoms with Crippen molar-refractivity contribution in [3.8, 4) is 0 Å². The largest absolute Gasteiger partial charge is 0.329 e. The van der Waals surface area contributed by atoms with Crippen molar-refractivity contribution >= 4 is 23.2 Å². The SMILES string of the molecule is Cc1nnc(CN2C(=O)[C@@H]3CCCN3C(=O)[C@@H]2C)s1.